The largest absolute Gasteiger partial charge is 0.337 e. The van der Waals surface area contributed by atoms with Crippen molar-refractivity contribution in [3.8, 4) is 0 Å². The standard InChI is InChI=1S/C13H27N3O3S/c1-10(2)15-20(18,19)8-6-14-13(17)16-7-5-11(3)12(4)9-16/h10-12,15H,5-9H2,1-4H3,(H,14,17)/t11-,12+/m0/s1. The van der Waals surface area contributed by atoms with Crippen LogP contribution in [-0.4, -0.2) is 50.8 Å². The van der Waals surface area contributed by atoms with E-state index in [0.717, 1.165) is 19.5 Å². The van der Waals surface area contributed by atoms with Crippen LogP contribution in [0.2, 0.25) is 0 Å². The number of nitrogens with zero attached hydrogens (tertiary/aromatic N) is 1. The summed E-state index contributed by atoms with van der Waals surface area (Å²) in [6.45, 7) is 9.50. The van der Waals surface area contributed by atoms with Crippen LogP contribution in [0, 0.1) is 11.8 Å². The second-order valence-corrected chi connectivity index (χ2v) is 7.89. The number of hydrogen-bond acceptors (Lipinski definition) is 3. The van der Waals surface area contributed by atoms with Gasteiger partial charge in [-0.2, -0.15) is 0 Å². The van der Waals surface area contributed by atoms with Gasteiger partial charge in [0, 0.05) is 25.7 Å². The lowest BCUT2D eigenvalue weighted by Gasteiger charge is -2.35. The smallest absolute Gasteiger partial charge is 0.317 e. The number of hydrogen-bond donors (Lipinski definition) is 2. The van der Waals surface area contributed by atoms with E-state index in [-0.39, 0.29) is 24.4 Å². The van der Waals surface area contributed by atoms with Gasteiger partial charge in [-0.15, -0.1) is 0 Å². The Morgan fingerprint density at radius 3 is 2.50 bits per heavy atom. The molecule has 0 spiro atoms. The molecule has 2 N–H and O–H groups in total. The molecule has 0 aromatic heterocycles. The molecule has 0 bridgehead atoms. The molecule has 118 valence electrons. The van der Waals surface area contributed by atoms with E-state index < -0.39 is 10.0 Å². The zero-order valence-corrected chi connectivity index (χ0v) is 13.7. The number of nitrogens with one attached hydrogen (secondary N) is 2. The normalized spacial score (nSPS) is 23.9. The molecule has 2 atom stereocenters. The molecule has 6 nitrogen and oxygen atoms in total. The maximum atomic E-state index is 12.0. The molecule has 1 aliphatic heterocycles. The summed E-state index contributed by atoms with van der Waals surface area (Å²) >= 11 is 0. The van der Waals surface area contributed by atoms with Crippen molar-refractivity contribution >= 4 is 16.1 Å². The lowest BCUT2D eigenvalue weighted by atomic mass is 9.89. The summed E-state index contributed by atoms with van der Waals surface area (Å²) in [5, 5.41) is 2.68. The number of amides is 2. The average molecular weight is 305 g/mol. The van der Waals surface area contributed by atoms with Gasteiger partial charge in [0.15, 0.2) is 0 Å². The third kappa shape index (κ3) is 5.66. The first-order chi connectivity index (χ1) is 9.21. The fourth-order valence-corrected chi connectivity index (χ4v) is 3.48. The summed E-state index contributed by atoms with van der Waals surface area (Å²) in [6.07, 6.45) is 1.00. The van der Waals surface area contributed by atoms with Gasteiger partial charge in [-0.25, -0.2) is 17.9 Å². The van der Waals surface area contributed by atoms with E-state index in [1.807, 2.05) is 0 Å². The monoisotopic (exact) mass is 305 g/mol. The Labute approximate surface area is 122 Å². The molecule has 20 heavy (non-hydrogen) atoms. The van der Waals surface area contributed by atoms with E-state index >= 15 is 0 Å². The summed E-state index contributed by atoms with van der Waals surface area (Å²) in [5.41, 5.74) is 0. The molecule has 0 aliphatic carbocycles. The molecule has 1 fully saturated rings. The Kier molecular flexibility index (Phi) is 6.26. The molecule has 1 saturated heterocycles. The number of sulfonamides is 1. The van der Waals surface area contributed by atoms with E-state index in [9.17, 15) is 13.2 Å². The van der Waals surface area contributed by atoms with Gasteiger partial charge in [0.05, 0.1) is 5.75 Å². The number of carbonyl (C=O) groups excluding carboxylic acids is 1. The predicted octanol–water partition coefficient (Wildman–Crippen LogP) is 1.00. The Morgan fingerprint density at radius 2 is 1.95 bits per heavy atom. The van der Waals surface area contributed by atoms with Crippen molar-refractivity contribution in [1.82, 2.24) is 14.9 Å². The Morgan fingerprint density at radius 1 is 1.30 bits per heavy atom. The third-order valence-electron chi connectivity index (χ3n) is 3.68. The molecule has 1 rings (SSSR count). The van der Waals surface area contributed by atoms with Crippen LogP contribution in [0.5, 0.6) is 0 Å². The van der Waals surface area contributed by atoms with E-state index in [4.69, 9.17) is 0 Å². The van der Waals surface area contributed by atoms with Crippen molar-refractivity contribution in [2.45, 2.75) is 40.2 Å². The van der Waals surface area contributed by atoms with Crippen molar-refractivity contribution in [2.75, 3.05) is 25.4 Å². The molecule has 0 radical (unpaired) electrons. The zero-order chi connectivity index (χ0) is 15.3. The highest BCUT2D eigenvalue weighted by Gasteiger charge is 2.25. The number of piperidine rings is 1. The molecule has 0 unspecified atom stereocenters. The van der Waals surface area contributed by atoms with E-state index in [0.29, 0.717) is 11.8 Å². The van der Waals surface area contributed by atoms with Gasteiger partial charge in [-0.05, 0) is 32.1 Å². The fraction of sp³-hybridized carbons (Fsp3) is 0.923. The summed E-state index contributed by atoms with van der Waals surface area (Å²) in [6, 6.07) is -0.288. The van der Waals surface area contributed by atoms with Crippen LogP contribution in [0.25, 0.3) is 0 Å². The van der Waals surface area contributed by atoms with Crippen LogP contribution in [0.4, 0.5) is 4.79 Å². The van der Waals surface area contributed by atoms with Gasteiger partial charge < -0.3 is 10.2 Å². The highest BCUT2D eigenvalue weighted by Crippen LogP contribution is 2.22. The summed E-state index contributed by atoms with van der Waals surface area (Å²) in [4.78, 5) is 13.7. The molecular weight excluding hydrogens is 278 g/mol. The second-order valence-electron chi connectivity index (χ2n) is 6.01. The Hall–Kier alpha value is -0.820. The maximum absolute atomic E-state index is 12.0. The van der Waals surface area contributed by atoms with Crippen molar-refractivity contribution < 1.29 is 13.2 Å². The number of carbonyl (C=O) groups is 1. The van der Waals surface area contributed by atoms with E-state index in [1.165, 1.54) is 0 Å². The number of rotatable bonds is 5. The molecular formula is C13H27N3O3S. The molecule has 1 heterocycles. The topological polar surface area (TPSA) is 78.5 Å². The summed E-state index contributed by atoms with van der Waals surface area (Å²) in [7, 11) is -3.31. The van der Waals surface area contributed by atoms with Crippen molar-refractivity contribution in [3.63, 3.8) is 0 Å². The first kappa shape index (κ1) is 17.2. The van der Waals surface area contributed by atoms with Gasteiger partial charge in [0.1, 0.15) is 0 Å². The average Bonchev–Trinajstić information content (AvgIpc) is 2.30. The van der Waals surface area contributed by atoms with E-state index in [2.05, 4.69) is 23.9 Å². The zero-order valence-electron chi connectivity index (χ0n) is 12.8. The molecule has 0 aromatic carbocycles. The molecule has 2 amide bonds. The van der Waals surface area contributed by atoms with Gasteiger partial charge in [-0.1, -0.05) is 13.8 Å². The highest BCUT2D eigenvalue weighted by atomic mass is 32.2. The second kappa shape index (κ2) is 7.26. The predicted molar refractivity (Wildman–Crippen MR) is 80.0 cm³/mol. The van der Waals surface area contributed by atoms with Gasteiger partial charge in [-0.3, -0.25) is 0 Å². The lowest BCUT2D eigenvalue weighted by Crippen LogP contribution is -2.48. The minimum atomic E-state index is -3.31. The summed E-state index contributed by atoms with van der Waals surface area (Å²) in [5.74, 6) is 1.03. The van der Waals surface area contributed by atoms with Crippen LogP contribution in [0.3, 0.4) is 0 Å². The van der Waals surface area contributed by atoms with Gasteiger partial charge in [0.2, 0.25) is 10.0 Å². The Balaban J connectivity index is 2.34. The van der Waals surface area contributed by atoms with E-state index in [1.54, 1.807) is 18.7 Å². The third-order valence-corrected chi connectivity index (χ3v) is 5.26. The minimum absolute atomic E-state index is 0.0866. The number of likely N-dealkylation sites (tertiary alicyclic amines) is 1. The van der Waals surface area contributed by atoms with Gasteiger partial charge in [0.25, 0.3) is 0 Å². The van der Waals surface area contributed by atoms with Crippen LogP contribution < -0.4 is 10.0 Å². The molecule has 7 heteroatoms. The fourth-order valence-electron chi connectivity index (χ4n) is 2.27. The number of urea groups is 1. The van der Waals surface area contributed by atoms with Crippen LogP contribution >= 0.6 is 0 Å². The van der Waals surface area contributed by atoms with Crippen molar-refractivity contribution in [2.24, 2.45) is 11.8 Å². The minimum Gasteiger partial charge on any atom is -0.337 e. The summed E-state index contributed by atoms with van der Waals surface area (Å²) < 4.78 is 25.7. The maximum Gasteiger partial charge on any atom is 0.317 e. The first-order valence-electron chi connectivity index (χ1n) is 7.24. The van der Waals surface area contributed by atoms with Crippen molar-refractivity contribution in [3.05, 3.63) is 0 Å². The highest BCUT2D eigenvalue weighted by molar-refractivity contribution is 7.89. The molecule has 1 aliphatic rings. The van der Waals surface area contributed by atoms with Crippen LogP contribution in [-0.2, 0) is 10.0 Å². The quantitative estimate of drug-likeness (QED) is 0.795. The van der Waals surface area contributed by atoms with Crippen LogP contribution in [0.1, 0.15) is 34.1 Å². The SMILES string of the molecule is CC(C)NS(=O)(=O)CCNC(=O)N1CC[C@H](C)[C@H](C)C1. The van der Waals surface area contributed by atoms with Crippen LogP contribution in [0.15, 0.2) is 0 Å². The van der Waals surface area contributed by atoms with Crippen molar-refractivity contribution in [1.29, 1.82) is 0 Å². The molecule has 0 saturated carbocycles. The molecule has 0 aromatic rings. The Bertz CT molecular complexity index is 423. The lowest BCUT2D eigenvalue weighted by molar-refractivity contribution is 0.145. The first-order valence-corrected chi connectivity index (χ1v) is 8.89. The van der Waals surface area contributed by atoms with Gasteiger partial charge >= 0.3 is 6.03 Å².